The Morgan fingerprint density at radius 3 is 2.53 bits per heavy atom. The van der Waals surface area contributed by atoms with Crippen LogP contribution < -0.4 is 5.32 Å². The van der Waals surface area contributed by atoms with Gasteiger partial charge in [-0.3, -0.25) is 0 Å². The highest BCUT2D eigenvalue weighted by Gasteiger charge is 2.23. The molecule has 1 saturated heterocycles. The molecule has 0 bridgehead atoms. The largest absolute Gasteiger partial charge is 0.368 e. The number of halogens is 2. The molecule has 1 aliphatic heterocycles. The summed E-state index contributed by atoms with van der Waals surface area (Å²) in [4.78, 5) is 12.8. The van der Waals surface area contributed by atoms with Crippen molar-refractivity contribution >= 4 is 38.6 Å². The molecule has 4 aromatic rings. The second-order valence-corrected chi connectivity index (χ2v) is 9.37. The van der Waals surface area contributed by atoms with Crippen molar-refractivity contribution < 1.29 is 4.74 Å². The van der Waals surface area contributed by atoms with Crippen molar-refractivity contribution in [1.82, 2.24) is 20.3 Å². The van der Waals surface area contributed by atoms with E-state index in [4.69, 9.17) is 21.3 Å². The summed E-state index contributed by atoms with van der Waals surface area (Å²) in [6.45, 7) is 1.97. The molecule has 0 aliphatic carbocycles. The maximum atomic E-state index is 6.62. The van der Waals surface area contributed by atoms with Crippen LogP contribution in [0.2, 0.25) is 5.15 Å². The number of nitrogens with zero attached hydrogens (tertiary/aromatic N) is 2. The van der Waals surface area contributed by atoms with E-state index in [1.807, 2.05) is 36.4 Å². The van der Waals surface area contributed by atoms with Crippen LogP contribution in [0.4, 0.5) is 0 Å². The van der Waals surface area contributed by atoms with Crippen LogP contribution in [0.1, 0.15) is 30.2 Å². The first-order valence-electron chi connectivity index (χ1n) is 10.9. The summed E-state index contributed by atoms with van der Waals surface area (Å²) in [5.41, 5.74) is 3.86. The Labute approximate surface area is 200 Å². The van der Waals surface area contributed by atoms with E-state index in [2.05, 4.69) is 55.5 Å². The minimum Gasteiger partial charge on any atom is -0.368 e. The number of nitrogens with one attached hydrogen (secondary N) is 2. The highest BCUT2D eigenvalue weighted by Crippen LogP contribution is 2.31. The lowest BCUT2D eigenvalue weighted by Gasteiger charge is -2.28. The SMILES string of the molecule is Clc1nc(-c2ccccc2)nc2[nH]c(C(Cc3ccc(Br)cc3)OC3CCNCC3)cc12. The Balaban J connectivity index is 1.49. The van der Waals surface area contributed by atoms with Crippen molar-refractivity contribution in [3.05, 3.63) is 81.5 Å². The first kappa shape index (κ1) is 21.6. The van der Waals surface area contributed by atoms with Gasteiger partial charge in [-0.15, -0.1) is 0 Å². The second kappa shape index (κ2) is 9.71. The van der Waals surface area contributed by atoms with Gasteiger partial charge in [-0.25, -0.2) is 9.97 Å². The van der Waals surface area contributed by atoms with Crippen molar-refractivity contribution in [1.29, 1.82) is 0 Å². The smallest absolute Gasteiger partial charge is 0.163 e. The molecule has 2 aromatic heterocycles. The molecule has 2 N–H and O–H groups in total. The minimum absolute atomic E-state index is 0.121. The highest BCUT2D eigenvalue weighted by atomic mass is 79.9. The average molecular weight is 512 g/mol. The van der Waals surface area contributed by atoms with Gasteiger partial charge in [0.05, 0.1) is 11.5 Å². The molecule has 1 atom stereocenters. The molecule has 0 saturated carbocycles. The molecule has 2 aromatic carbocycles. The van der Waals surface area contributed by atoms with Crippen LogP contribution in [0, 0.1) is 0 Å². The van der Waals surface area contributed by atoms with Crippen LogP contribution in [-0.2, 0) is 11.2 Å². The fraction of sp³-hybridized carbons (Fsp3) is 0.280. The molecule has 3 heterocycles. The summed E-state index contributed by atoms with van der Waals surface area (Å²) in [6.07, 6.45) is 2.89. The molecule has 1 aliphatic rings. The number of H-pyrrole nitrogens is 1. The number of hydrogen-bond donors (Lipinski definition) is 2. The van der Waals surface area contributed by atoms with Crippen molar-refractivity contribution in [3.63, 3.8) is 0 Å². The van der Waals surface area contributed by atoms with Crippen LogP contribution in [0.5, 0.6) is 0 Å². The van der Waals surface area contributed by atoms with E-state index in [-0.39, 0.29) is 12.2 Å². The van der Waals surface area contributed by atoms with E-state index >= 15 is 0 Å². The lowest BCUT2D eigenvalue weighted by Crippen LogP contribution is -2.33. The number of rotatable bonds is 6. The van der Waals surface area contributed by atoms with E-state index in [9.17, 15) is 0 Å². The number of ether oxygens (including phenoxy) is 1. The van der Waals surface area contributed by atoms with E-state index in [0.717, 1.165) is 59.1 Å². The quantitative estimate of drug-likeness (QED) is 0.307. The summed E-state index contributed by atoms with van der Waals surface area (Å²) in [5, 5.41) is 4.67. The molecule has 0 radical (unpaired) electrons. The number of aromatic nitrogens is 3. The molecule has 32 heavy (non-hydrogen) atoms. The third-order valence-electron chi connectivity index (χ3n) is 5.82. The molecule has 1 unspecified atom stereocenters. The number of benzene rings is 2. The standard InChI is InChI=1S/C25H24BrClN4O/c26-18-8-6-16(7-9-18)14-22(32-19-10-12-28-13-11-19)21-15-20-23(27)30-24(31-25(20)29-21)17-4-2-1-3-5-17/h1-9,15,19,22,28H,10-14H2,(H,29,30,31). The zero-order valence-corrected chi connectivity index (χ0v) is 19.9. The predicted molar refractivity (Wildman–Crippen MR) is 132 cm³/mol. The van der Waals surface area contributed by atoms with Crippen molar-refractivity contribution in [3.8, 4) is 11.4 Å². The number of aromatic amines is 1. The van der Waals surface area contributed by atoms with Crippen LogP contribution >= 0.6 is 27.5 Å². The summed E-state index contributed by atoms with van der Waals surface area (Å²) in [5.74, 6) is 0.611. The van der Waals surface area contributed by atoms with Crippen molar-refractivity contribution in [2.24, 2.45) is 0 Å². The Kier molecular flexibility index (Phi) is 6.55. The molecule has 0 spiro atoms. The fourth-order valence-electron chi connectivity index (χ4n) is 4.11. The Morgan fingerprint density at radius 2 is 1.78 bits per heavy atom. The third-order valence-corrected chi connectivity index (χ3v) is 6.63. The van der Waals surface area contributed by atoms with Crippen LogP contribution in [0.15, 0.2) is 65.1 Å². The van der Waals surface area contributed by atoms with Gasteiger partial charge in [0.2, 0.25) is 0 Å². The van der Waals surface area contributed by atoms with E-state index in [1.54, 1.807) is 0 Å². The van der Waals surface area contributed by atoms with Gasteiger partial charge >= 0.3 is 0 Å². The molecule has 5 rings (SSSR count). The Hall–Kier alpha value is -2.25. The lowest BCUT2D eigenvalue weighted by atomic mass is 10.0. The van der Waals surface area contributed by atoms with Crippen LogP contribution in [0.3, 0.4) is 0 Å². The van der Waals surface area contributed by atoms with Gasteiger partial charge in [-0.1, -0.05) is 70.0 Å². The minimum atomic E-state index is -0.121. The van der Waals surface area contributed by atoms with E-state index in [1.165, 1.54) is 5.56 Å². The first-order valence-corrected chi connectivity index (χ1v) is 12.0. The van der Waals surface area contributed by atoms with Crippen LogP contribution in [-0.4, -0.2) is 34.1 Å². The summed E-state index contributed by atoms with van der Waals surface area (Å²) < 4.78 is 7.69. The molecule has 164 valence electrons. The summed E-state index contributed by atoms with van der Waals surface area (Å²) in [6, 6.07) is 20.3. The predicted octanol–water partition coefficient (Wildman–Crippen LogP) is 6.09. The molecular weight excluding hydrogens is 488 g/mol. The second-order valence-electron chi connectivity index (χ2n) is 8.10. The fourth-order valence-corrected chi connectivity index (χ4v) is 4.60. The highest BCUT2D eigenvalue weighted by molar-refractivity contribution is 9.10. The van der Waals surface area contributed by atoms with Crippen molar-refractivity contribution in [2.75, 3.05) is 13.1 Å². The van der Waals surface area contributed by atoms with E-state index < -0.39 is 0 Å². The van der Waals surface area contributed by atoms with Crippen LogP contribution in [0.25, 0.3) is 22.4 Å². The summed E-state index contributed by atoms with van der Waals surface area (Å²) in [7, 11) is 0. The number of hydrogen-bond acceptors (Lipinski definition) is 4. The van der Waals surface area contributed by atoms with Gasteiger partial charge in [0, 0.05) is 22.2 Å². The number of fused-ring (bicyclic) bond motifs is 1. The lowest BCUT2D eigenvalue weighted by molar-refractivity contribution is -0.0294. The normalized spacial score (nSPS) is 15.8. The maximum absolute atomic E-state index is 6.62. The van der Waals surface area contributed by atoms with Gasteiger partial charge in [-0.05, 0) is 49.7 Å². The van der Waals surface area contributed by atoms with Crippen molar-refractivity contribution in [2.45, 2.75) is 31.5 Å². The molecule has 7 heteroatoms. The molecule has 5 nitrogen and oxygen atoms in total. The zero-order valence-electron chi connectivity index (χ0n) is 17.5. The zero-order chi connectivity index (χ0) is 21.9. The van der Waals surface area contributed by atoms with Gasteiger partial charge in [0.15, 0.2) is 5.82 Å². The Morgan fingerprint density at radius 1 is 1.03 bits per heavy atom. The topological polar surface area (TPSA) is 62.8 Å². The summed E-state index contributed by atoms with van der Waals surface area (Å²) >= 11 is 10.1. The molecule has 1 fully saturated rings. The maximum Gasteiger partial charge on any atom is 0.163 e. The number of piperidine rings is 1. The van der Waals surface area contributed by atoms with Gasteiger partial charge in [-0.2, -0.15) is 0 Å². The molecular formula is C25H24BrClN4O. The third kappa shape index (κ3) is 4.89. The van der Waals surface area contributed by atoms with E-state index in [0.29, 0.717) is 11.0 Å². The van der Waals surface area contributed by atoms with Gasteiger partial charge < -0.3 is 15.0 Å². The van der Waals surface area contributed by atoms with Gasteiger partial charge in [0.1, 0.15) is 16.9 Å². The van der Waals surface area contributed by atoms with Gasteiger partial charge in [0.25, 0.3) is 0 Å². The average Bonchev–Trinajstić information content (AvgIpc) is 3.26. The monoisotopic (exact) mass is 510 g/mol. The molecule has 0 amide bonds. The first-order chi connectivity index (χ1) is 15.7. The Bertz CT molecular complexity index is 1190.